The first-order valence-electron chi connectivity index (χ1n) is 9.31. The Morgan fingerprint density at radius 1 is 1.07 bits per heavy atom. The fourth-order valence-electron chi connectivity index (χ4n) is 3.37. The number of piperidine rings is 1. The zero-order valence-corrected chi connectivity index (χ0v) is 15.4. The third-order valence-electron chi connectivity index (χ3n) is 4.93. The second kappa shape index (κ2) is 8.16. The minimum Gasteiger partial charge on any atom is -0.454 e. The second-order valence-electron chi connectivity index (χ2n) is 6.82. The lowest BCUT2D eigenvalue weighted by atomic mass is 10.0. The number of hydrogen-bond donors (Lipinski definition) is 2. The van der Waals surface area contributed by atoms with Gasteiger partial charge in [-0.2, -0.15) is 0 Å². The summed E-state index contributed by atoms with van der Waals surface area (Å²) >= 11 is 0. The topological polar surface area (TPSA) is 92.8 Å². The van der Waals surface area contributed by atoms with Crippen LogP contribution in [0.1, 0.15) is 28.8 Å². The Labute approximate surface area is 162 Å². The van der Waals surface area contributed by atoms with Crippen molar-refractivity contribution in [2.45, 2.75) is 25.4 Å². The molecule has 0 radical (unpaired) electrons. The number of nitrogens with one attached hydrogen (secondary N) is 2. The van der Waals surface area contributed by atoms with Gasteiger partial charge in [0.2, 0.25) is 6.79 Å². The van der Waals surface area contributed by atoms with E-state index in [9.17, 15) is 9.59 Å². The number of likely N-dealkylation sites (tertiary alicyclic amines) is 1. The maximum atomic E-state index is 12.4. The largest absolute Gasteiger partial charge is 0.454 e. The average molecular weight is 382 g/mol. The number of pyridine rings is 1. The average Bonchev–Trinajstić information content (AvgIpc) is 3.21. The van der Waals surface area contributed by atoms with Crippen LogP contribution in [0.3, 0.4) is 0 Å². The smallest absolute Gasteiger partial charge is 0.315 e. The Bertz CT molecular complexity index is 851. The summed E-state index contributed by atoms with van der Waals surface area (Å²) in [6, 6.07) is 8.89. The van der Waals surface area contributed by atoms with E-state index in [0.29, 0.717) is 30.9 Å². The number of urea groups is 1. The van der Waals surface area contributed by atoms with Crippen LogP contribution in [0.15, 0.2) is 42.7 Å². The van der Waals surface area contributed by atoms with E-state index in [2.05, 4.69) is 15.6 Å². The van der Waals surface area contributed by atoms with Crippen LogP contribution in [-0.4, -0.2) is 47.7 Å². The maximum Gasteiger partial charge on any atom is 0.315 e. The van der Waals surface area contributed by atoms with E-state index in [0.717, 1.165) is 24.2 Å². The Kier molecular flexibility index (Phi) is 5.27. The van der Waals surface area contributed by atoms with Crippen LogP contribution >= 0.6 is 0 Å². The van der Waals surface area contributed by atoms with Gasteiger partial charge in [-0.15, -0.1) is 0 Å². The highest BCUT2D eigenvalue weighted by atomic mass is 16.7. The van der Waals surface area contributed by atoms with Gasteiger partial charge in [0, 0.05) is 43.6 Å². The van der Waals surface area contributed by atoms with Crippen molar-refractivity contribution >= 4 is 11.9 Å². The normalized spacial score (nSPS) is 15.9. The monoisotopic (exact) mass is 382 g/mol. The summed E-state index contributed by atoms with van der Waals surface area (Å²) in [6.07, 6.45) is 4.70. The molecule has 8 heteroatoms. The minimum atomic E-state index is -0.212. The van der Waals surface area contributed by atoms with Crippen LogP contribution < -0.4 is 20.1 Å². The van der Waals surface area contributed by atoms with Gasteiger partial charge in [-0.1, -0.05) is 6.07 Å². The first-order chi connectivity index (χ1) is 13.7. The highest BCUT2D eigenvalue weighted by Crippen LogP contribution is 2.32. The number of carbonyl (C=O) groups is 2. The van der Waals surface area contributed by atoms with Gasteiger partial charge in [0.05, 0.1) is 0 Å². The molecule has 0 aliphatic carbocycles. The lowest BCUT2D eigenvalue weighted by Gasteiger charge is -2.32. The van der Waals surface area contributed by atoms with Gasteiger partial charge in [0.1, 0.15) is 0 Å². The summed E-state index contributed by atoms with van der Waals surface area (Å²) in [5, 5.41) is 5.85. The summed E-state index contributed by atoms with van der Waals surface area (Å²) in [5.41, 5.74) is 1.58. The van der Waals surface area contributed by atoms with Crippen LogP contribution in [0.5, 0.6) is 11.5 Å². The third kappa shape index (κ3) is 4.16. The summed E-state index contributed by atoms with van der Waals surface area (Å²) in [6.45, 7) is 1.87. The highest BCUT2D eigenvalue weighted by Gasteiger charge is 2.24. The Morgan fingerprint density at radius 2 is 1.82 bits per heavy atom. The molecule has 4 rings (SSSR count). The molecule has 3 heterocycles. The van der Waals surface area contributed by atoms with Crippen molar-refractivity contribution in [1.82, 2.24) is 20.5 Å². The predicted molar refractivity (Wildman–Crippen MR) is 101 cm³/mol. The molecule has 1 aromatic carbocycles. The van der Waals surface area contributed by atoms with Crippen molar-refractivity contribution in [1.29, 1.82) is 0 Å². The molecule has 1 aromatic heterocycles. The first kappa shape index (κ1) is 18.1. The summed E-state index contributed by atoms with van der Waals surface area (Å²) in [5.74, 6) is 1.43. The molecule has 0 atom stereocenters. The van der Waals surface area contributed by atoms with E-state index in [-0.39, 0.29) is 24.8 Å². The predicted octanol–water partition coefficient (Wildman–Crippen LogP) is 1.91. The molecule has 1 saturated heterocycles. The zero-order chi connectivity index (χ0) is 19.3. The van der Waals surface area contributed by atoms with Crippen LogP contribution in [-0.2, 0) is 6.54 Å². The number of rotatable bonds is 4. The number of aromatic nitrogens is 1. The quantitative estimate of drug-likeness (QED) is 0.843. The molecule has 0 saturated carbocycles. The number of benzene rings is 1. The molecule has 146 valence electrons. The van der Waals surface area contributed by atoms with Gasteiger partial charge in [-0.25, -0.2) is 4.79 Å². The first-order valence-corrected chi connectivity index (χ1v) is 9.31. The number of hydrogen-bond acceptors (Lipinski definition) is 5. The molecule has 0 bridgehead atoms. The molecule has 8 nitrogen and oxygen atoms in total. The van der Waals surface area contributed by atoms with E-state index in [1.165, 1.54) is 0 Å². The molecule has 2 N–H and O–H groups in total. The molecule has 1 fully saturated rings. The SMILES string of the molecule is O=C(NCc1ccc2c(c1)OCO2)NC1CCN(C(=O)c2ccncc2)CC1. The Morgan fingerprint density at radius 3 is 2.61 bits per heavy atom. The number of amides is 3. The third-order valence-corrected chi connectivity index (χ3v) is 4.93. The number of carbonyl (C=O) groups excluding carboxylic acids is 2. The van der Waals surface area contributed by atoms with Crippen molar-refractivity contribution in [3.05, 3.63) is 53.9 Å². The fourth-order valence-corrected chi connectivity index (χ4v) is 3.37. The van der Waals surface area contributed by atoms with Crippen molar-refractivity contribution in [3.63, 3.8) is 0 Å². The van der Waals surface area contributed by atoms with Crippen LogP contribution in [0, 0.1) is 0 Å². The molecule has 2 aliphatic rings. The lowest BCUT2D eigenvalue weighted by molar-refractivity contribution is 0.0708. The van der Waals surface area contributed by atoms with Gasteiger partial charge in [0.15, 0.2) is 11.5 Å². The number of ether oxygens (including phenoxy) is 2. The second-order valence-corrected chi connectivity index (χ2v) is 6.82. The molecule has 28 heavy (non-hydrogen) atoms. The van der Waals surface area contributed by atoms with Gasteiger partial charge in [-0.05, 0) is 42.7 Å². The van der Waals surface area contributed by atoms with Crippen LogP contribution in [0.2, 0.25) is 0 Å². The van der Waals surface area contributed by atoms with E-state index >= 15 is 0 Å². The van der Waals surface area contributed by atoms with Gasteiger partial charge in [0.25, 0.3) is 5.91 Å². The zero-order valence-electron chi connectivity index (χ0n) is 15.4. The van der Waals surface area contributed by atoms with E-state index in [4.69, 9.17) is 9.47 Å². The van der Waals surface area contributed by atoms with Gasteiger partial charge < -0.3 is 25.0 Å². The fraction of sp³-hybridized carbons (Fsp3) is 0.350. The molecule has 0 spiro atoms. The van der Waals surface area contributed by atoms with Gasteiger partial charge in [-0.3, -0.25) is 9.78 Å². The van der Waals surface area contributed by atoms with E-state index in [1.807, 2.05) is 23.1 Å². The molecule has 2 aromatic rings. The summed E-state index contributed by atoms with van der Waals surface area (Å²) in [4.78, 5) is 30.4. The van der Waals surface area contributed by atoms with Crippen molar-refractivity contribution < 1.29 is 19.1 Å². The van der Waals surface area contributed by atoms with Crippen molar-refractivity contribution in [2.75, 3.05) is 19.9 Å². The summed E-state index contributed by atoms with van der Waals surface area (Å²) in [7, 11) is 0. The number of nitrogens with zero attached hydrogens (tertiary/aromatic N) is 2. The highest BCUT2D eigenvalue weighted by molar-refractivity contribution is 5.94. The lowest BCUT2D eigenvalue weighted by Crippen LogP contribution is -2.49. The molecular weight excluding hydrogens is 360 g/mol. The molecule has 0 unspecified atom stereocenters. The number of fused-ring (bicyclic) bond motifs is 1. The van der Waals surface area contributed by atoms with Crippen LogP contribution in [0.25, 0.3) is 0 Å². The van der Waals surface area contributed by atoms with E-state index in [1.54, 1.807) is 24.5 Å². The van der Waals surface area contributed by atoms with Gasteiger partial charge >= 0.3 is 6.03 Å². The van der Waals surface area contributed by atoms with Crippen LogP contribution in [0.4, 0.5) is 4.79 Å². The Hall–Kier alpha value is -3.29. The summed E-state index contributed by atoms with van der Waals surface area (Å²) < 4.78 is 10.6. The van der Waals surface area contributed by atoms with Crippen molar-refractivity contribution in [2.24, 2.45) is 0 Å². The molecular formula is C20H22N4O4. The minimum absolute atomic E-state index is 0.00751. The molecule has 3 amide bonds. The Balaban J connectivity index is 1.21. The molecule has 2 aliphatic heterocycles. The maximum absolute atomic E-state index is 12.4. The van der Waals surface area contributed by atoms with E-state index < -0.39 is 0 Å². The standard InChI is InChI=1S/C20H22N4O4/c25-19(15-3-7-21-8-4-15)24-9-5-16(6-10-24)23-20(26)22-12-14-1-2-17-18(11-14)28-13-27-17/h1-4,7-8,11,16H,5-6,9-10,12-13H2,(H2,22,23,26). The van der Waals surface area contributed by atoms with Crippen molar-refractivity contribution in [3.8, 4) is 11.5 Å².